The molecule has 0 radical (unpaired) electrons. The van der Waals surface area contributed by atoms with Crippen LogP contribution in [0.25, 0.3) is 0 Å². The Bertz CT molecular complexity index is 694. The molecule has 2 aromatic rings. The van der Waals surface area contributed by atoms with Crippen molar-refractivity contribution in [2.75, 3.05) is 0 Å². The van der Waals surface area contributed by atoms with Crippen molar-refractivity contribution in [3.63, 3.8) is 0 Å². The van der Waals surface area contributed by atoms with Crippen LogP contribution in [0.5, 0.6) is 0 Å². The predicted octanol–water partition coefficient (Wildman–Crippen LogP) is 2.79. The third-order valence-electron chi connectivity index (χ3n) is 2.84. The smallest absolute Gasteiger partial charge is 0.344 e. The molecule has 0 fully saturated rings. The number of amides is 1. The Morgan fingerprint density at radius 1 is 1.30 bits per heavy atom. The maximum absolute atomic E-state index is 13.4. The summed E-state index contributed by atoms with van der Waals surface area (Å²) in [6.07, 6.45) is -5.40. The van der Waals surface area contributed by atoms with Gasteiger partial charge >= 0.3 is 6.18 Å². The van der Waals surface area contributed by atoms with E-state index in [1.54, 1.807) is 0 Å². The zero-order chi connectivity index (χ0) is 17.2. The highest BCUT2D eigenvalue weighted by atomic mass is 19.4. The fraction of sp³-hybridized carbons (Fsp3) is 0.308. The third kappa shape index (κ3) is 4.02. The molecular formula is C13H10F5N3O2. The minimum Gasteiger partial charge on any atom is -0.344 e. The van der Waals surface area contributed by atoms with Crippen molar-refractivity contribution in [3.8, 4) is 0 Å². The second kappa shape index (κ2) is 6.31. The number of hydrogen-bond donors (Lipinski definition) is 1. The van der Waals surface area contributed by atoms with E-state index in [-0.39, 0.29) is 0 Å². The normalized spacial score (nSPS) is 13.0. The van der Waals surface area contributed by atoms with Crippen LogP contribution in [0.3, 0.4) is 0 Å². The van der Waals surface area contributed by atoms with E-state index >= 15 is 0 Å². The van der Waals surface area contributed by atoms with Crippen molar-refractivity contribution < 1.29 is 31.3 Å². The van der Waals surface area contributed by atoms with Crippen LogP contribution in [-0.2, 0) is 17.4 Å². The van der Waals surface area contributed by atoms with Gasteiger partial charge in [0.15, 0.2) is 0 Å². The first kappa shape index (κ1) is 16.8. The highest BCUT2D eigenvalue weighted by Crippen LogP contribution is 2.27. The molecule has 1 aromatic carbocycles. The van der Waals surface area contributed by atoms with Gasteiger partial charge in [-0.2, -0.15) is 18.2 Å². The van der Waals surface area contributed by atoms with E-state index in [9.17, 15) is 26.7 Å². The van der Waals surface area contributed by atoms with E-state index < -0.39 is 53.5 Å². The molecule has 0 bridgehead atoms. The minimum atomic E-state index is -4.78. The molecule has 1 aromatic heterocycles. The molecule has 0 aliphatic heterocycles. The summed E-state index contributed by atoms with van der Waals surface area (Å²) in [5.41, 5.74) is -0.446. The number of nitrogens with zero attached hydrogens (tertiary/aromatic N) is 2. The predicted molar refractivity (Wildman–Crippen MR) is 65.9 cm³/mol. The van der Waals surface area contributed by atoms with Crippen molar-refractivity contribution in [1.29, 1.82) is 0 Å². The molecule has 1 atom stereocenters. The lowest BCUT2D eigenvalue weighted by molar-refractivity contribution is -0.146. The molecule has 1 heterocycles. The third-order valence-corrected chi connectivity index (χ3v) is 2.84. The number of halogens is 5. The van der Waals surface area contributed by atoms with Gasteiger partial charge in [-0.05, 0) is 19.1 Å². The highest BCUT2D eigenvalue weighted by molar-refractivity contribution is 5.79. The fourth-order valence-corrected chi connectivity index (χ4v) is 1.74. The van der Waals surface area contributed by atoms with Gasteiger partial charge in [-0.15, -0.1) is 0 Å². The molecular weight excluding hydrogens is 325 g/mol. The quantitative estimate of drug-likeness (QED) is 0.873. The van der Waals surface area contributed by atoms with Crippen LogP contribution < -0.4 is 5.32 Å². The van der Waals surface area contributed by atoms with E-state index in [1.165, 1.54) is 6.92 Å². The molecule has 5 nitrogen and oxygen atoms in total. The standard InChI is InChI=1S/C13H10F5N3O2/c1-6(11-20-12(21-23-11)13(16,17)18)19-10(22)5-7-8(14)3-2-4-9(7)15/h2-4,6H,5H2,1H3,(H,19,22)/t6-/m1/s1. The molecule has 0 spiro atoms. The Balaban J connectivity index is 2.04. The second-order valence-electron chi connectivity index (χ2n) is 4.62. The molecule has 1 amide bonds. The maximum Gasteiger partial charge on any atom is 0.455 e. The van der Waals surface area contributed by atoms with Crippen LogP contribution >= 0.6 is 0 Å². The van der Waals surface area contributed by atoms with E-state index in [0.29, 0.717) is 0 Å². The number of alkyl halides is 3. The Kier molecular flexibility index (Phi) is 4.62. The Morgan fingerprint density at radius 3 is 2.43 bits per heavy atom. The maximum atomic E-state index is 13.4. The van der Waals surface area contributed by atoms with Gasteiger partial charge in [0.25, 0.3) is 5.82 Å². The molecule has 0 aliphatic carbocycles. The number of aromatic nitrogens is 2. The molecule has 0 saturated carbocycles. The van der Waals surface area contributed by atoms with Gasteiger partial charge in [0, 0.05) is 5.56 Å². The first-order valence-corrected chi connectivity index (χ1v) is 6.31. The first-order valence-electron chi connectivity index (χ1n) is 6.31. The molecule has 0 aliphatic rings. The van der Waals surface area contributed by atoms with E-state index in [0.717, 1.165) is 18.2 Å². The lowest BCUT2D eigenvalue weighted by Gasteiger charge is -2.10. The SMILES string of the molecule is C[C@@H](NC(=O)Cc1c(F)cccc1F)c1nc(C(F)(F)F)no1. The summed E-state index contributed by atoms with van der Waals surface area (Å²) in [5.74, 6) is -4.56. The molecule has 23 heavy (non-hydrogen) atoms. The van der Waals surface area contributed by atoms with Crippen LogP contribution in [-0.4, -0.2) is 16.0 Å². The molecule has 1 N–H and O–H groups in total. The summed E-state index contributed by atoms with van der Waals surface area (Å²) in [6.45, 7) is 1.29. The number of nitrogens with one attached hydrogen (secondary N) is 1. The Morgan fingerprint density at radius 2 is 1.91 bits per heavy atom. The summed E-state index contributed by atoms with van der Waals surface area (Å²) in [4.78, 5) is 14.9. The van der Waals surface area contributed by atoms with Gasteiger partial charge < -0.3 is 9.84 Å². The Hall–Kier alpha value is -2.52. The number of carbonyl (C=O) groups is 1. The van der Waals surface area contributed by atoms with Gasteiger partial charge in [-0.1, -0.05) is 11.2 Å². The van der Waals surface area contributed by atoms with Crippen molar-refractivity contribution in [2.24, 2.45) is 0 Å². The summed E-state index contributed by atoms with van der Waals surface area (Å²) < 4.78 is 68.3. The number of benzene rings is 1. The molecule has 124 valence electrons. The van der Waals surface area contributed by atoms with Crippen molar-refractivity contribution in [3.05, 3.63) is 47.1 Å². The topological polar surface area (TPSA) is 68.0 Å². The van der Waals surface area contributed by atoms with Crippen molar-refractivity contribution in [1.82, 2.24) is 15.5 Å². The summed E-state index contributed by atoms with van der Waals surface area (Å²) in [5, 5.41) is 4.97. The number of rotatable bonds is 4. The van der Waals surface area contributed by atoms with Gasteiger partial charge in [0.05, 0.1) is 6.42 Å². The van der Waals surface area contributed by atoms with Crippen molar-refractivity contribution in [2.45, 2.75) is 25.6 Å². The van der Waals surface area contributed by atoms with Gasteiger partial charge in [-0.25, -0.2) is 8.78 Å². The number of carbonyl (C=O) groups excluding carboxylic acids is 1. The number of hydrogen-bond acceptors (Lipinski definition) is 4. The first-order chi connectivity index (χ1) is 10.7. The monoisotopic (exact) mass is 335 g/mol. The highest BCUT2D eigenvalue weighted by Gasteiger charge is 2.37. The zero-order valence-corrected chi connectivity index (χ0v) is 11.6. The van der Waals surface area contributed by atoms with Crippen LogP contribution in [0.1, 0.15) is 30.2 Å². The van der Waals surface area contributed by atoms with E-state index in [4.69, 9.17) is 0 Å². The Labute approximate surface area is 126 Å². The molecule has 0 unspecified atom stereocenters. The van der Waals surface area contributed by atoms with Gasteiger partial charge in [0.2, 0.25) is 11.8 Å². The zero-order valence-electron chi connectivity index (χ0n) is 11.6. The van der Waals surface area contributed by atoms with Crippen LogP contribution in [0, 0.1) is 11.6 Å². The lowest BCUT2D eigenvalue weighted by atomic mass is 10.1. The van der Waals surface area contributed by atoms with Crippen LogP contribution in [0.15, 0.2) is 22.7 Å². The van der Waals surface area contributed by atoms with Gasteiger partial charge in [-0.3, -0.25) is 4.79 Å². The second-order valence-corrected chi connectivity index (χ2v) is 4.62. The largest absolute Gasteiger partial charge is 0.455 e. The molecule has 2 rings (SSSR count). The van der Waals surface area contributed by atoms with Crippen molar-refractivity contribution >= 4 is 5.91 Å². The minimum absolute atomic E-state index is 0.446. The molecule has 0 saturated heterocycles. The fourth-order valence-electron chi connectivity index (χ4n) is 1.74. The van der Waals surface area contributed by atoms with E-state index in [2.05, 4.69) is 20.0 Å². The molecule has 10 heteroatoms. The van der Waals surface area contributed by atoms with Crippen LogP contribution in [0.4, 0.5) is 22.0 Å². The summed E-state index contributed by atoms with van der Waals surface area (Å²) in [6, 6.07) is 2.07. The summed E-state index contributed by atoms with van der Waals surface area (Å²) >= 11 is 0. The van der Waals surface area contributed by atoms with E-state index in [1.807, 2.05) is 0 Å². The van der Waals surface area contributed by atoms with Crippen LogP contribution in [0.2, 0.25) is 0 Å². The average Bonchev–Trinajstić information content (AvgIpc) is 2.93. The average molecular weight is 335 g/mol. The van der Waals surface area contributed by atoms with Gasteiger partial charge in [0.1, 0.15) is 17.7 Å². The summed E-state index contributed by atoms with van der Waals surface area (Å²) in [7, 11) is 0. The lowest BCUT2D eigenvalue weighted by Crippen LogP contribution is -2.29.